The minimum atomic E-state index is -3.62. The molecule has 0 bridgehead atoms. The smallest absolute Gasteiger partial charge is 0.246 e. The Morgan fingerprint density at radius 3 is 3.05 bits per heavy atom. The molecular weight excluding hydrogens is 268 g/mol. The fraction of sp³-hybridized carbons (Fsp3) is 0.545. The maximum atomic E-state index is 12.4. The van der Waals surface area contributed by atoms with Crippen LogP contribution in [0.1, 0.15) is 12.8 Å². The molecule has 1 fully saturated rings. The molecule has 7 nitrogen and oxygen atoms in total. The molecule has 1 unspecified atom stereocenters. The Bertz CT molecular complexity index is 528. The summed E-state index contributed by atoms with van der Waals surface area (Å²) in [4.78, 5) is 3.91. The van der Waals surface area contributed by atoms with E-state index in [9.17, 15) is 8.42 Å². The van der Waals surface area contributed by atoms with Crippen LogP contribution >= 0.6 is 0 Å². The van der Waals surface area contributed by atoms with Crippen molar-refractivity contribution < 1.29 is 13.2 Å². The normalized spacial score (nSPS) is 19.8. The average molecular weight is 286 g/mol. The van der Waals surface area contributed by atoms with Crippen LogP contribution in [-0.4, -0.2) is 44.0 Å². The molecule has 0 spiro atoms. The quantitative estimate of drug-likeness (QED) is 0.591. The molecule has 3 N–H and O–H groups in total. The number of rotatable bonds is 5. The molecule has 0 saturated carbocycles. The van der Waals surface area contributed by atoms with Gasteiger partial charge in [0.05, 0.1) is 11.8 Å². The first-order valence-electron chi connectivity index (χ1n) is 6.04. The van der Waals surface area contributed by atoms with Crippen molar-refractivity contribution in [3.8, 4) is 0 Å². The van der Waals surface area contributed by atoms with Crippen LogP contribution in [0.15, 0.2) is 23.4 Å². The zero-order valence-electron chi connectivity index (χ0n) is 10.7. The molecule has 0 amide bonds. The van der Waals surface area contributed by atoms with Crippen molar-refractivity contribution in [3.05, 3.63) is 18.5 Å². The van der Waals surface area contributed by atoms with Crippen LogP contribution in [0.25, 0.3) is 0 Å². The van der Waals surface area contributed by atoms with E-state index in [2.05, 4.69) is 10.4 Å². The highest BCUT2D eigenvalue weighted by Crippen LogP contribution is 2.23. The number of anilines is 1. The summed E-state index contributed by atoms with van der Waals surface area (Å²) in [6, 6.07) is 1.52. The number of nitrogens with zero attached hydrogens (tertiary/aromatic N) is 2. The van der Waals surface area contributed by atoms with Crippen molar-refractivity contribution in [1.29, 1.82) is 0 Å². The molecule has 1 aliphatic heterocycles. The zero-order chi connectivity index (χ0) is 13.9. The molecule has 1 saturated heterocycles. The summed E-state index contributed by atoms with van der Waals surface area (Å²) in [7, 11) is -2.09. The van der Waals surface area contributed by atoms with Gasteiger partial charge in [-0.25, -0.2) is 8.42 Å². The number of nitrogen functional groups attached to an aromatic ring is 1. The third kappa shape index (κ3) is 3.03. The third-order valence-corrected chi connectivity index (χ3v) is 4.96. The Morgan fingerprint density at radius 1 is 1.63 bits per heavy atom. The summed E-state index contributed by atoms with van der Waals surface area (Å²) in [6.07, 6.45) is 4.59. The van der Waals surface area contributed by atoms with Crippen molar-refractivity contribution in [1.82, 2.24) is 9.29 Å². The van der Waals surface area contributed by atoms with Crippen LogP contribution in [0.3, 0.4) is 0 Å². The van der Waals surface area contributed by atoms with E-state index in [1.807, 2.05) is 0 Å². The van der Waals surface area contributed by atoms with E-state index in [1.165, 1.54) is 29.8 Å². The van der Waals surface area contributed by atoms with Crippen LogP contribution in [0.2, 0.25) is 0 Å². The number of aromatic nitrogens is 1. The van der Waals surface area contributed by atoms with Gasteiger partial charge in [0.2, 0.25) is 10.0 Å². The van der Waals surface area contributed by atoms with Crippen molar-refractivity contribution in [3.63, 3.8) is 0 Å². The standard InChI is InChI=1S/C11H18N4O3S/c1-15(8-9-3-2-6-18-9)19(16,17)11-7-13-5-4-10(11)14-12/h4-5,7,9H,2-3,6,8,12H2,1H3,(H,13,14). The van der Waals surface area contributed by atoms with E-state index >= 15 is 0 Å². The predicted molar refractivity (Wildman–Crippen MR) is 70.8 cm³/mol. The molecule has 1 atom stereocenters. The van der Waals surface area contributed by atoms with Gasteiger partial charge in [0.25, 0.3) is 0 Å². The van der Waals surface area contributed by atoms with Gasteiger partial charge < -0.3 is 10.2 Å². The molecule has 1 aromatic heterocycles. The Balaban J connectivity index is 2.20. The lowest BCUT2D eigenvalue weighted by Crippen LogP contribution is -2.34. The summed E-state index contributed by atoms with van der Waals surface area (Å²) in [5, 5.41) is 0. The Morgan fingerprint density at radius 2 is 2.42 bits per heavy atom. The number of nitrogens with one attached hydrogen (secondary N) is 1. The number of pyridine rings is 1. The van der Waals surface area contributed by atoms with Crippen LogP contribution in [0.4, 0.5) is 5.69 Å². The van der Waals surface area contributed by atoms with E-state index in [1.54, 1.807) is 0 Å². The van der Waals surface area contributed by atoms with Crippen LogP contribution in [0.5, 0.6) is 0 Å². The van der Waals surface area contributed by atoms with E-state index < -0.39 is 10.0 Å². The number of likely N-dealkylation sites (N-methyl/N-ethyl adjacent to an activating group) is 1. The Labute approximate surface area is 112 Å². The molecule has 19 heavy (non-hydrogen) atoms. The maximum Gasteiger partial charge on any atom is 0.246 e. The third-order valence-electron chi connectivity index (χ3n) is 3.11. The number of hydrogen-bond acceptors (Lipinski definition) is 6. The molecule has 2 heterocycles. The lowest BCUT2D eigenvalue weighted by atomic mass is 10.2. The molecular formula is C11H18N4O3S. The fourth-order valence-corrected chi connectivity index (χ4v) is 3.34. The highest BCUT2D eigenvalue weighted by atomic mass is 32.2. The van der Waals surface area contributed by atoms with E-state index in [-0.39, 0.29) is 11.0 Å². The average Bonchev–Trinajstić information content (AvgIpc) is 2.91. The van der Waals surface area contributed by atoms with Gasteiger partial charge in [-0.3, -0.25) is 10.8 Å². The van der Waals surface area contributed by atoms with Gasteiger partial charge >= 0.3 is 0 Å². The Hall–Kier alpha value is -1.22. The summed E-state index contributed by atoms with van der Waals surface area (Å²) in [5.41, 5.74) is 2.70. The second kappa shape index (κ2) is 5.83. The minimum absolute atomic E-state index is 0.0364. The highest BCUT2D eigenvalue weighted by Gasteiger charge is 2.28. The van der Waals surface area contributed by atoms with Gasteiger partial charge in [0, 0.05) is 32.6 Å². The van der Waals surface area contributed by atoms with Gasteiger partial charge in [0.1, 0.15) is 4.90 Å². The maximum absolute atomic E-state index is 12.4. The fourth-order valence-electron chi connectivity index (χ4n) is 2.05. The zero-order valence-corrected chi connectivity index (χ0v) is 11.6. The summed E-state index contributed by atoms with van der Waals surface area (Å²) in [5.74, 6) is 5.33. The number of sulfonamides is 1. The second-order valence-electron chi connectivity index (χ2n) is 4.44. The van der Waals surface area contributed by atoms with Crippen LogP contribution in [0, 0.1) is 0 Å². The summed E-state index contributed by atoms with van der Waals surface area (Å²) >= 11 is 0. The topological polar surface area (TPSA) is 97.5 Å². The predicted octanol–water partition coefficient (Wildman–Crippen LogP) is 0.167. The van der Waals surface area contributed by atoms with E-state index in [0.717, 1.165) is 12.8 Å². The number of ether oxygens (including phenoxy) is 1. The molecule has 0 aliphatic carbocycles. The number of hydrogen-bond donors (Lipinski definition) is 2. The van der Waals surface area contributed by atoms with Crippen molar-refractivity contribution in [2.24, 2.45) is 5.84 Å². The Kier molecular flexibility index (Phi) is 4.35. The van der Waals surface area contributed by atoms with Gasteiger partial charge in [-0.1, -0.05) is 0 Å². The molecule has 0 aromatic carbocycles. The molecule has 106 valence electrons. The lowest BCUT2D eigenvalue weighted by molar-refractivity contribution is 0.0979. The lowest BCUT2D eigenvalue weighted by Gasteiger charge is -2.21. The molecule has 0 radical (unpaired) electrons. The monoisotopic (exact) mass is 286 g/mol. The second-order valence-corrected chi connectivity index (χ2v) is 6.45. The molecule has 1 aliphatic rings. The van der Waals surface area contributed by atoms with Crippen LogP contribution < -0.4 is 11.3 Å². The van der Waals surface area contributed by atoms with Crippen molar-refractivity contribution in [2.45, 2.75) is 23.8 Å². The largest absolute Gasteiger partial charge is 0.377 e. The summed E-state index contributed by atoms with van der Waals surface area (Å²) in [6.45, 7) is 1.03. The van der Waals surface area contributed by atoms with Crippen LogP contribution in [-0.2, 0) is 14.8 Å². The van der Waals surface area contributed by atoms with Gasteiger partial charge in [-0.05, 0) is 18.9 Å². The summed E-state index contributed by atoms with van der Waals surface area (Å²) < 4.78 is 31.6. The van der Waals surface area contributed by atoms with Crippen molar-refractivity contribution >= 4 is 15.7 Å². The number of hydrazine groups is 1. The van der Waals surface area contributed by atoms with Gasteiger partial charge in [-0.2, -0.15) is 4.31 Å². The first-order valence-corrected chi connectivity index (χ1v) is 7.48. The van der Waals surface area contributed by atoms with Crippen molar-refractivity contribution in [2.75, 3.05) is 25.6 Å². The molecule has 1 aromatic rings. The number of nitrogens with two attached hydrogens (primary N) is 1. The van der Waals surface area contributed by atoms with Gasteiger partial charge in [-0.15, -0.1) is 0 Å². The van der Waals surface area contributed by atoms with Gasteiger partial charge in [0.15, 0.2) is 0 Å². The first kappa shape index (κ1) is 14.2. The van der Waals surface area contributed by atoms with E-state index in [4.69, 9.17) is 10.6 Å². The molecule has 8 heteroatoms. The molecule has 2 rings (SSSR count). The highest BCUT2D eigenvalue weighted by molar-refractivity contribution is 7.89. The van der Waals surface area contributed by atoms with E-state index in [0.29, 0.717) is 18.8 Å². The minimum Gasteiger partial charge on any atom is -0.377 e. The first-order chi connectivity index (χ1) is 9.05. The SMILES string of the molecule is CN(CC1CCCO1)S(=O)(=O)c1cnccc1NN.